The number of carbonyl (C=O) groups is 1. The van der Waals surface area contributed by atoms with E-state index in [4.69, 9.17) is 0 Å². The van der Waals surface area contributed by atoms with Crippen LogP contribution in [0.1, 0.15) is 22.8 Å². The summed E-state index contributed by atoms with van der Waals surface area (Å²) in [5.74, 6) is -0.362. The predicted molar refractivity (Wildman–Crippen MR) is 84.1 cm³/mol. The minimum absolute atomic E-state index is 0.362. The maximum absolute atomic E-state index is 11.6. The Morgan fingerprint density at radius 2 is 1.86 bits per heavy atom. The summed E-state index contributed by atoms with van der Waals surface area (Å²) in [6.07, 6.45) is -1.07. The smallest absolute Gasteiger partial charge is 0.257 e. The first-order valence-electron chi connectivity index (χ1n) is 6.77. The van der Waals surface area contributed by atoms with Crippen LogP contribution in [-0.4, -0.2) is 11.0 Å². The van der Waals surface area contributed by atoms with Crippen LogP contribution in [0.15, 0.2) is 40.9 Å². The summed E-state index contributed by atoms with van der Waals surface area (Å²) in [6.45, 7) is 1.70. The predicted octanol–water partition coefficient (Wildman–Crippen LogP) is 2.95. The number of amides is 1. The van der Waals surface area contributed by atoms with Crippen LogP contribution in [0.25, 0.3) is 0 Å². The average Bonchev–Trinajstić information content (AvgIpc) is 3.01. The third kappa shape index (κ3) is 1.96. The Morgan fingerprint density at radius 1 is 1.19 bits per heavy atom. The summed E-state index contributed by atoms with van der Waals surface area (Å²) >= 11 is 3.56. The van der Waals surface area contributed by atoms with E-state index in [0.29, 0.717) is 11.3 Å². The van der Waals surface area contributed by atoms with Gasteiger partial charge >= 0.3 is 0 Å². The van der Waals surface area contributed by atoms with Crippen molar-refractivity contribution in [1.82, 2.24) is 0 Å². The van der Waals surface area contributed by atoms with Crippen LogP contribution in [0, 0.1) is 0 Å². The lowest BCUT2D eigenvalue weighted by Crippen LogP contribution is -2.15. The van der Waals surface area contributed by atoms with E-state index in [1.54, 1.807) is 0 Å². The van der Waals surface area contributed by atoms with Crippen LogP contribution in [0.3, 0.4) is 0 Å². The fraction of sp³-hybridized carbons (Fsp3) is 0.188. The molecule has 1 amide bonds. The van der Waals surface area contributed by atoms with Gasteiger partial charge in [-0.1, -0.05) is 24.3 Å². The van der Waals surface area contributed by atoms with Crippen LogP contribution in [-0.2, 0) is 17.9 Å². The molecule has 2 aromatic carbocycles. The highest BCUT2D eigenvalue weighted by Crippen LogP contribution is 2.41. The second-order valence-corrected chi connectivity index (χ2v) is 6.26. The lowest BCUT2D eigenvalue weighted by atomic mass is 10.1. The Kier molecular flexibility index (Phi) is 2.80. The number of rotatable bonds is 1. The molecule has 0 saturated heterocycles. The van der Waals surface area contributed by atoms with Gasteiger partial charge in [0, 0.05) is 28.8 Å². The molecular weight excluding hydrogens is 332 g/mol. The number of fused-ring (bicyclic) bond motifs is 2. The molecule has 5 heteroatoms. The summed E-state index contributed by atoms with van der Waals surface area (Å²) < 4.78 is 0.893. The van der Waals surface area contributed by atoms with E-state index in [-0.39, 0.29) is 5.91 Å². The van der Waals surface area contributed by atoms with Crippen molar-refractivity contribution in [3.63, 3.8) is 0 Å². The van der Waals surface area contributed by atoms with Crippen molar-refractivity contribution in [2.24, 2.45) is 0 Å². The zero-order valence-corrected chi connectivity index (χ0v) is 12.7. The molecule has 0 aromatic heterocycles. The highest BCUT2D eigenvalue weighted by molar-refractivity contribution is 9.10. The number of nitrogens with one attached hydrogen (secondary N) is 1. The van der Waals surface area contributed by atoms with Gasteiger partial charge in [0.1, 0.15) is 0 Å². The highest BCUT2D eigenvalue weighted by atomic mass is 79.9. The first-order chi connectivity index (χ1) is 10.1. The number of aliphatic hydroxyl groups is 1. The van der Waals surface area contributed by atoms with E-state index < -0.39 is 6.10 Å². The van der Waals surface area contributed by atoms with Gasteiger partial charge < -0.3 is 15.3 Å². The van der Waals surface area contributed by atoms with Crippen molar-refractivity contribution in [2.75, 3.05) is 10.2 Å². The topological polar surface area (TPSA) is 52.6 Å². The molecule has 1 atom stereocenters. The fourth-order valence-corrected chi connectivity index (χ4v) is 3.61. The molecule has 0 bridgehead atoms. The van der Waals surface area contributed by atoms with Gasteiger partial charge in [-0.2, -0.15) is 0 Å². The Morgan fingerprint density at radius 3 is 2.52 bits per heavy atom. The molecule has 0 saturated carbocycles. The summed E-state index contributed by atoms with van der Waals surface area (Å²) in [5.41, 5.74) is 5.01. The Balaban J connectivity index is 1.72. The molecule has 0 spiro atoms. The maximum Gasteiger partial charge on any atom is 0.257 e. The van der Waals surface area contributed by atoms with E-state index in [0.717, 1.165) is 23.2 Å². The molecule has 4 nitrogen and oxygen atoms in total. The Labute approximate surface area is 130 Å². The van der Waals surface area contributed by atoms with Gasteiger partial charge in [0.05, 0.1) is 5.69 Å². The van der Waals surface area contributed by atoms with Crippen molar-refractivity contribution >= 4 is 33.2 Å². The quantitative estimate of drug-likeness (QED) is 0.836. The van der Waals surface area contributed by atoms with E-state index in [1.807, 2.05) is 12.1 Å². The van der Waals surface area contributed by atoms with Gasteiger partial charge in [-0.05, 0) is 39.2 Å². The first kappa shape index (κ1) is 12.9. The van der Waals surface area contributed by atoms with Crippen molar-refractivity contribution in [3.05, 3.63) is 57.6 Å². The standard InChI is InChI=1S/C16H13BrN2O2/c17-12-5-11-13(18-16(21)15(11)20)6-14(12)19-7-9-3-1-2-4-10(9)8-19/h1-6,15,20H,7-8H2,(H,18,21). The number of hydrogen-bond acceptors (Lipinski definition) is 3. The lowest BCUT2D eigenvalue weighted by Gasteiger charge is -2.20. The third-order valence-electron chi connectivity index (χ3n) is 4.10. The third-order valence-corrected chi connectivity index (χ3v) is 4.74. The zero-order valence-electron chi connectivity index (χ0n) is 11.1. The van der Waals surface area contributed by atoms with Crippen molar-refractivity contribution < 1.29 is 9.90 Å². The molecule has 4 rings (SSSR count). The molecule has 1 unspecified atom stereocenters. The average molecular weight is 345 g/mol. The van der Waals surface area contributed by atoms with Crippen LogP contribution < -0.4 is 10.2 Å². The molecule has 0 radical (unpaired) electrons. The second kappa shape index (κ2) is 4.58. The molecule has 2 aliphatic rings. The van der Waals surface area contributed by atoms with E-state index >= 15 is 0 Å². The summed E-state index contributed by atoms with van der Waals surface area (Å²) in [6, 6.07) is 12.1. The lowest BCUT2D eigenvalue weighted by molar-refractivity contribution is -0.123. The number of halogens is 1. The Hall–Kier alpha value is -1.85. The van der Waals surface area contributed by atoms with Gasteiger partial charge in [-0.15, -0.1) is 0 Å². The summed E-state index contributed by atoms with van der Waals surface area (Å²) in [4.78, 5) is 13.8. The molecule has 2 heterocycles. The number of nitrogens with zero attached hydrogens (tertiary/aromatic N) is 1. The zero-order chi connectivity index (χ0) is 14.6. The minimum Gasteiger partial charge on any atom is -0.378 e. The molecule has 0 aliphatic carbocycles. The van der Waals surface area contributed by atoms with Gasteiger partial charge in [-0.25, -0.2) is 0 Å². The monoisotopic (exact) mass is 344 g/mol. The van der Waals surface area contributed by atoms with Gasteiger partial charge in [0.2, 0.25) is 0 Å². The SMILES string of the molecule is O=C1Nc2cc(N3Cc4ccccc4C3)c(Br)cc2C1O. The number of hydrogen-bond donors (Lipinski definition) is 2. The molecule has 0 fully saturated rings. The van der Waals surface area contributed by atoms with Crippen LogP contribution in [0.2, 0.25) is 0 Å². The molecule has 2 aromatic rings. The number of benzene rings is 2. The largest absolute Gasteiger partial charge is 0.378 e. The fourth-order valence-electron chi connectivity index (χ4n) is 3.00. The van der Waals surface area contributed by atoms with Gasteiger partial charge in [0.15, 0.2) is 6.10 Å². The Bertz CT molecular complexity index is 735. The normalized spacial score (nSPS) is 19.4. The van der Waals surface area contributed by atoms with Gasteiger partial charge in [0.25, 0.3) is 5.91 Å². The van der Waals surface area contributed by atoms with Crippen molar-refractivity contribution in [1.29, 1.82) is 0 Å². The van der Waals surface area contributed by atoms with E-state index in [1.165, 1.54) is 11.1 Å². The molecule has 21 heavy (non-hydrogen) atoms. The van der Waals surface area contributed by atoms with Crippen LogP contribution in [0.4, 0.5) is 11.4 Å². The first-order valence-corrected chi connectivity index (χ1v) is 7.57. The number of carbonyl (C=O) groups excluding carboxylic acids is 1. The number of anilines is 2. The molecular formula is C16H13BrN2O2. The molecule has 2 N–H and O–H groups in total. The molecule has 2 aliphatic heterocycles. The number of aliphatic hydroxyl groups excluding tert-OH is 1. The maximum atomic E-state index is 11.6. The minimum atomic E-state index is -1.07. The van der Waals surface area contributed by atoms with E-state index in [2.05, 4.69) is 50.4 Å². The van der Waals surface area contributed by atoms with Gasteiger partial charge in [-0.3, -0.25) is 4.79 Å². The van der Waals surface area contributed by atoms with Crippen molar-refractivity contribution in [3.8, 4) is 0 Å². The van der Waals surface area contributed by atoms with Crippen molar-refractivity contribution in [2.45, 2.75) is 19.2 Å². The van der Waals surface area contributed by atoms with Crippen LogP contribution in [0.5, 0.6) is 0 Å². The van der Waals surface area contributed by atoms with E-state index in [9.17, 15) is 9.90 Å². The summed E-state index contributed by atoms with van der Waals surface area (Å²) in [5, 5.41) is 12.5. The molecule has 106 valence electrons. The van der Waals surface area contributed by atoms with Crippen LogP contribution >= 0.6 is 15.9 Å². The summed E-state index contributed by atoms with van der Waals surface area (Å²) in [7, 11) is 0. The highest BCUT2D eigenvalue weighted by Gasteiger charge is 2.31. The second-order valence-electron chi connectivity index (χ2n) is 5.41.